The molecule has 0 saturated carbocycles. The molecule has 0 bridgehead atoms. The van der Waals surface area contributed by atoms with Crippen LogP contribution in [0, 0.1) is 5.92 Å². The molecule has 0 heterocycles. The molecule has 0 spiro atoms. The molecule has 10 heavy (non-hydrogen) atoms. The van der Waals surface area contributed by atoms with Crippen LogP contribution in [0.4, 0.5) is 0 Å². The Labute approximate surface area is 69.7 Å². The van der Waals surface area contributed by atoms with Crippen LogP contribution in [0.25, 0.3) is 0 Å². The zero-order valence-corrected chi connectivity index (χ0v) is 7.99. The lowest BCUT2D eigenvalue weighted by Gasteiger charge is -2.17. The molecule has 0 rings (SSSR count). The minimum atomic E-state index is 0. The highest BCUT2D eigenvalue weighted by molar-refractivity contribution is 5.85. The van der Waals surface area contributed by atoms with Crippen LogP contribution in [0.1, 0.15) is 13.8 Å². The Bertz CT molecular complexity index is 68.6. The number of hydrogen-bond donors (Lipinski definition) is 1. The fourth-order valence-electron chi connectivity index (χ4n) is 0.792. The maximum Gasteiger partial charge on any atom is 0.0718 e. The summed E-state index contributed by atoms with van der Waals surface area (Å²) in [6.45, 7) is 5.26. The lowest BCUT2D eigenvalue weighted by atomic mass is 10.1. The van der Waals surface area contributed by atoms with Crippen molar-refractivity contribution >= 4 is 12.4 Å². The molecule has 1 unspecified atom stereocenters. The van der Waals surface area contributed by atoms with Gasteiger partial charge in [0.15, 0.2) is 0 Å². The minimum absolute atomic E-state index is 0. The van der Waals surface area contributed by atoms with Gasteiger partial charge in [-0.3, -0.25) is 0 Å². The lowest BCUT2D eigenvalue weighted by molar-refractivity contribution is 0.0665. The van der Waals surface area contributed by atoms with Crippen LogP contribution >= 0.6 is 12.4 Å². The molecule has 3 heteroatoms. The topological polar surface area (TPSA) is 21.3 Å². The van der Waals surface area contributed by atoms with Crippen molar-refractivity contribution in [1.82, 2.24) is 5.32 Å². The quantitative estimate of drug-likeness (QED) is 0.682. The third kappa shape index (κ3) is 5.03. The van der Waals surface area contributed by atoms with Gasteiger partial charge in [-0.15, -0.1) is 12.4 Å². The normalized spacial score (nSPS) is 12.9. The Kier molecular flexibility index (Phi) is 9.40. The summed E-state index contributed by atoms with van der Waals surface area (Å²) in [6, 6.07) is 0. The summed E-state index contributed by atoms with van der Waals surface area (Å²) in [5, 5.41) is 3.08. The Hall–Kier alpha value is 0.210. The number of hydrogen-bond acceptors (Lipinski definition) is 2. The monoisotopic (exact) mass is 167 g/mol. The van der Waals surface area contributed by atoms with Gasteiger partial charge >= 0.3 is 0 Å². The summed E-state index contributed by atoms with van der Waals surface area (Å²) in [7, 11) is 3.69. The molecule has 64 valence electrons. The van der Waals surface area contributed by atoms with Crippen LogP contribution in [-0.4, -0.2) is 26.8 Å². The molecule has 0 aromatic rings. The summed E-state index contributed by atoms with van der Waals surface area (Å²) >= 11 is 0. The van der Waals surface area contributed by atoms with E-state index < -0.39 is 0 Å². The summed E-state index contributed by atoms with van der Waals surface area (Å²) in [5.74, 6) is 0.599. The predicted molar refractivity (Wildman–Crippen MR) is 46.8 cm³/mol. The first-order valence-corrected chi connectivity index (χ1v) is 3.39. The molecule has 0 saturated heterocycles. The second-order valence-electron chi connectivity index (χ2n) is 2.58. The number of nitrogens with one attached hydrogen (secondary N) is 1. The van der Waals surface area contributed by atoms with Gasteiger partial charge in [-0.1, -0.05) is 13.8 Å². The molecule has 0 aromatic heterocycles. The molecular weight excluding hydrogens is 150 g/mol. The van der Waals surface area contributed by atoms with Crippen molar-refractivity contribution in [3.8, 4) is 0 Å². The molecule has 1 N–H and O–H groups in total. The van der Waals surface area contributed by atoms with Crippen molar-refractivity contribution in [2.45, 2.75) is 20.0 Å². The fraction of sp³-hybridized carbons (Fsp3) is 1.00. The summed E-state index contributed by atoms with van der Waals surface area (Å²) in [5.41, 5.74) is 0. The van der Waals surface area contributed by atoms with Gasteiger partial charge in [0, 0.05) is 13.7 Å². The van der Waals surface area contributed by atoms with E-state index in [2.05, 4.69) is 19.2 Å². The fourth-order valence-corrected chi connectivity index (χ4v) is 0.792. The minimum Gasteiger partial charge on any atom is -0.380 e. The van der Waals surface area contributed by atoms with E-state index in [4.69, 9.17) is 4.74 Å². The van der Waals surface area contributed by atoms with Gasteiger partial charge in [-0.25, -0.2) is 0 Å². The summed E-state index contributed by atoms with van der Waals surface area (Å²) < 4.78 is 5.19. The first kappa shape index (κ1) is 12.8. The average molecular weight is 168 g/mol. The molecule has 0 aliphatic heterocycles. The standard InChI is InChI=1S/C7H17NO.ClH/c1-6(2)7(9-4)5-8-3;/h6-8H,5H2,1-4H3;1H. The van der Waals surface area contributed by atoms with Crippen molar-refractivity contribution in [2.75, 3.05) is 20.7 Å². The highest BCUT2D eigenvalue weighted by Gasteiger charge is 2.09. The molecule has 0 aliphatic rings. The Morgan fingerprint density at radius 3 is 2.00 bits per heavy atom. The number of likely N-dealkylation sites (N-methyl/N-ethyl adjacent to an activating group) is 1. The molecule has 0 aliphatic carbocycles. The van der Waals surface area contributed by atoms with E-state index in [-0.39, 0.29) is 12.4 Å². The molecule has 0 fully saturated rings. The third-order valence-corrected chi connectivity index (χ3v) is 1.45. The number of ether oxygens (including phenoxy) is 1. The Morgan fingerprint density at radius 1 is 1.40 bits per heavy atom. The van der Waals surface area contributed by atoms with Crippen molar-refractivity contribution < 1.29 is 4.74 Å². The maximum atomic E-state index is 5.19. The highest BCUT2D eigenvalue weighted by Crippen LogP contribution is 2.02. The van der Waals surface area contributed by atoms with Crippen LogP contribution in [0.2, 0.25) is 0 Å². The molecular formula is C7H18ClNO. The van der Waals surface area contributed by atoms with Crippen molar-refractivity contribution in [3.63, 3.8) is 0 Å². The van der Waals surface area contributed by atoms with Crippen LogP contribution in [0.3, 0.4) is 0 Å². The number of methoxy groups -OCH3 is 1. The zero-order valence-electron chi connectivity index (χ0n) is 7.18. The average Bonchev–Trinajstić information content (AvgIpc) is 1.82. The third-order valence-electron chi connectivity index (χ3n) is 1.45. The SMILES string of the molecule is CNCC(OC)C(C)C.Cl. The summed E-state index contributed by atoms with van der Waals surface area (Å²) in [6.07, 6.45) is 0.356. The van der Waals surface area contributed by atoms with Gasteiger partial charge < -0.3 is 10.1 Å². The van der Waals surface area contributed by atoms with E-state index in [0.717, 1.165) is 6.54 Å². The van der Waals surface area contributed by atoms with Crippen molar-refractivity contribution in [2.24, 2.45) is 5.92 Å². The van der Waals surface area contributed by atoms with Gasteiger partial charge in [0.25, 0.3) is 0 Å². The van der Waals surface area contributed by atoms with Crippen LogP contribution < -0.4 is 5.32 Å². The maximum absolute atomic E-state index is 5.19. The van der Waals surface area contributed by atoms with Crippen LogP contribution in [0.15, 0.2) is 0 Å². The second kappa shape index (κ2) is 7.32. The first-order chi connectivity index (χ1) is 4.22. The van der Waals surface area contributed by atoms with E-state index in [9.17, 15) is 0 Å². The smallest absolute Gasteiger partial charge is 0.0718 e. The molecule has 0 amide bonds. The van der Waals surface area contributed by atoms with Gasteiger partial charge in [-0.2, -0.15) is 0 Å². The molecule has 1 atom stereocenters. The Morgan fingerprint density at radius 2 is 1.90 bits per heavy atom. The summed E-state index contributed by atoms with van der Waals surface area (Å²) in [4.78, 5) is 0. The largest absolute Gasteiger partial charge is 0.380 e. The second-order valence-corrected chi connectivity index (χ2v) is 2.58. The van der Waals surface area contributed by atoms with E-state index >= 15 is 0 Å². The van der Waals surface area contributed by atoms with E-state index in [1.165, 1.54) is 0 Å². The van der Waals surface area contributed by atoms with Gasteiger partial charge in [-0.05, 0) is 13.0 Å². The van der Waals surface area contributed by atoms with Crippen molar-refractivity contribution in [1.29, 1.82) is 0 Å². The van der Waals surface area contributed by atoms with E-state index in [1.54, 1.807) is 7.11 Å². The van der Waals surface area contributed by atoms with Crippen LogP contribution in [0.5, 0.6) is 0 Å². The van der Waals surface area contributed by atoms with E-state index in [1.807, 2.05) is 7.05 Å². The highest BCUT2D eigenvalue weighted by atomic mass is 35.5. The van der Waals surface area contributed by atoms with Crippen LogP contribution in [-0.2, 0) is 4.74 Å². The Balaban J connectivity index is 0. The predicted octanol–water partition coefficient (Wildman–Crippen LogP) is 1.30. The van der Waals surface area contributed by atoms with E-state index in [0.29, 0.717) is 12.0 Å². The number of halogens is 1. The molecule has 2 nitrogen and oxygen atoms in total. The van der Waals surface area contributed by atoms with Crippen molar-refractivity contribution in [3.05, 3.63) is 0 Å². The number of rotatable bonds is 4. The van der Waals surface area contributed by atoms with Gasteiger partial charge in [0.2, 0.25) is 0 Å². The lowest BCUT2D eigenvalue weighted by Crippen LogP contribution is -2.29. The van der Waals surface area contributed by atoms with Gasteiger partial charge in [0.1, 0.15) is 0 Å². The first-order valence-electron chi connectivity index (χ1n) is 3.39. The van der Waals surface area contributed by atoms with Gasteiger partial charge in [0.05, 0.1) is 6.10 Å². The zero-order chi connectivity index (χ0) is 7.28. The molecule has 0 aromatic carbocycles. The molecule has 0 radical (unpaired) electrons.